The zero-order chi connectivity index (χ0) is 20.1. The molecule has 1 aromatic heterocycles. The van der Waals surface area contributed by atoms with Crippen LogP contribution in [-0.4, -0.2) is 73.6 Å². The largest absolute Gasteiger partial charge is 0.373 e. The van der Waals surface area contributed by atoms with E-state index in [1.807, 2.05) is 27.7 Å². The molecule has 0 saturated carbocycles. The molecule has 0 spiro atoms. The number of aromatic nitrogens is 2. The van der Waals surface area contributed by atoms with Crippen LogP contribution < -0.4 is 4.90 Å². The van der Waals surface area contributed by atoms with Crippen LogP contribution in [0.25, 0.3) is 11.0 Å². The van der Waals surface area contributed by atoms with Crippen LogP contribution in [0.4, 0.5) is 5.69 Å². The third kappa shape index (κ3) is 3.49. The highest BCUT2D eigenvalue weighted by Crippen LogP contribution is 2.33. The van der Waals surface area contributed by atoms with Crippen LogP contribution in [0, 0.1) is 0 Å². The van der Waals surface area contributed by atoms with E-state index >= 15 is 0 Å². The molecule has 0 unspecified atom stereocenters. The normalized spacial score (nSPS) is 30.1. The number of hydrogen-bond donors (Lipinski definition) is 0. The molecule has 2 aliphatic rings. The van der Waals surface area contributed by atoms with Gasteiger partial charge in [0, 0.05) is 26.2 Å². The molecule has 0 N–H and O–H groups in total. The van der Waals surface area contributed by atoms with E-state index in [2.05, 4.69) is 15.2 Å². The minimum atomic E-state index is -3.75. The van der Waals surface area contributed by atoms with E-state index in [-0.39, 0.29) is 34.8 Å². The van der Waals surface area contributed by atoms with Gasteiger partial charge in [-0.1, -0.05) is 0 Å². The van der Waals surface area contributed by atoms with Gasteiger partial charge in [0.2, 0.25) is 10.0 Å². The molecule has 0 radical (unpaired) electrons. The van der Waals surface area contributed by atoms with Gasteiger partial charge in [-0.3, -0.25) is 0 Å². The molecule has 154 valence electrons. The minimum absolute atomic E-state index is 0.0680. The summed E-state index contributed by atoms with van der Waals surface area (Å²) in [6.07, 6.45) is -0.197. The van der Waals surface area contributed by atoms with Crippen LogP contribution in [-0.2, 0) is 19.5 Å². The summed E-state index contributed by atoms with van der Waals surface area (Å²) in [4.78, 5) is 2.25. The molecule has 2 fully saturated rings. The quantitative estimate of drug-likeness (QED) is 0.753. The average Bonchev–Trinajstić information content (AvgIpc) is 3.08. The highest BCUT2D eigenvalue weighted by atomic mass is 32.2. The van der Waals surface area contributed by atoms with Crippen molar-refractivity contribution in [1.29, 1.82) is 0 Å². The average molecular weight is 410 g/mol. The van der Waals surface area contributed by atoms with Crippen molar-refractivity contribution >= 4 is 26.7 Å². The van der Waals surface area contributed by atoms with Crippen molar-refractivity contribution in [2.75, 3.05) is 31.1 Å². The summed E-state index contributed by atoms with van der Waals surface area (Å²) < 4.78 is 44.5. The maximum atomic E-state index is 13.3. The summed E-state index contributed by atoms with van der Waals surface area (Å²) in [6, 6.07) is 3.39. The van der Waals surface area contributed by atoms with Crippen LogP contribution in [0.5, 0.6) is 0 Å². The van der Waals surface area contributed by atoms with Crippen molar-refractivity contribution in [3.8, 4) is 0 Å². The maximum absolute atomic E-state index is 13.3. The second-order valence-electron chi connectivity index (χ2n) is 7.79. The lowest BCUT2D eigenvalue weighted by molar-refractivity contribution is -0.0440. The van der Waals surface area contributed by atoms with Gasteiger partial charge in [-0.15, -0.1) is 0 Å². The molecule has 2 aliphatic heterocycles. The molecule has 2 aromatic rings. The molecule has 0 aliphatic carbocycles. The number of nitrogens with zero attached hydrogens (tertiary/aromatic N) is 4. The van der Waals surface area contributed by atoms with Crippen LogP contribution in [0.2, 0.25) is 0 Å². The first-order valence-corrected chi connectivity index (χ1v) is 11.0. The Labute approximate surface area is 164 Å². The van der Waals surface area contributed by atoms with Gasteiger partial charge in [-0.05, 0) is 50.1 Å². The lowest BCUT2D eigenvalue weighted by atomic mass is 10.2. The number of hydrogen-bond acceptors (Lipinski definition) is 8. The molecule has 10 heteroatoms. The number of ether oxygens (including phenoxy) is 2. The Morgan fingerprint density at radius 2 is 1.39 bits per heavy atom. The first kappa shape index (κ1) is 19.6. The van der Waals surface area contributed by atoms with Crippen molar-refractivity contribution in [2.24, 2.45) is 0 Å². The third-order valence-electron chi connectivity index (χ3n) is 5.12. The highest BCUT2D eigenvalue weighted by Gasteiger charge is 2.35. The first-order valence-electron chi connectivity index (χ1n) is 9.57. The fourth-order valence-corrected chi connectivity index (χ4v) is 5.84. The van der Waals surface area contributed by atoms with E-state index in [0.29, 0.717) is 31.7 Å². The van der Waals surface area contributed by atoms with E-state index in [1.54, 1.807) is 12.1 Å². The maximum Gasteiger partial charge on any atom is 0.245 e. The predicted octanol–water partition coefficient (Wildman–Crippen LogP) is 1.63. The van der Waals surface area contributed by atoms with Gasteiger partial charge < -0.3 is 14.4 Å². The van der Waals surface area contributed by atoms with Crippen LogP contribution >= 0.6 is 0 Å². The number of fused-ring (bicyclic) bond motifs is 1. The summed E-state index contributed by atoms with van der Waals surface area (Å²) in [6.45, 7) is 9.76. The van der Waals surface area contributed by atoms with E-state index in [9.17, 15) is 8.42 Å². The molecule has 28 heavy (non-hydrogen) atoms. The van der Waals surface area contributed by atoms with Gasteiger partial charge in [0.25, 0.3) is 0 Å². The SMILES string of the molecule is C[C@@H]1CN(S(=O)(=O)c2ccc(N3C[C@H](C)O[C@@H](C)C3)c3nonc23)C[C@H](C)O1. The van der Waals surface area contributed by atoms with Crippen LogP contribution in [0.15, 0.2) is 21.7 Å². The molecular weight excluding hydrogens is 384 g/mol. The molecule has 4 atom stereocenters. The van der Waals surface area contributed by atoms with Gasteiger partial charge in [0.05, 0.1) is 30.1 Å². The predicted molar refractivity (Wildman–Crippen MR) is 103 cm³/mol. The molecule has 1 aromatic carbocycles. The summed E-state index contributed by atoms with van der Waals surface area (Å²) in [5.41, 5.74) is 1.52. The summed E-state index contributed by atoms with van der Waals surface area (Å²) in [5.74, 6) is 0. The van der Waals surface area contributed by atoms with Crippen molar-refractivity contribution in [3.05, 3.63) is 12.1 Å². The van der Waals surface area contributed by atoms with E-state index in [4.69, 9.17) is 14.1 Å². The Morgan fingerprint density at radius 1 is 0.857 bits per heavy atom. The monoisotopic (exact) mass is 410 g/mol. The van der Waals surface area contributed by atoms with E-state index in [1.165, 1.54) is 4.31 Å². The highest BCUT2D eigenvalue weighted by molar-refractivity contribution is 7.89. The number of sulfonamides is 1. The van der Waals surface area contributed by atoms with Crippen LogP contribution in [0.1, 0.15) is 27.7 Å². The van der Waals surface area contributed by atoms with Gasteiger partial charge in [-0.25, -0.2) is 13.0 Å². The Kier molecular flexibility index (Phi) is 5.07. The lowest BCUT2D eigenvalue weighted by Crippen LogP contribution is -2.48. The third-order valence-corrected chi connectivity index (χ3v) is 6.98. The summed E-state index contributed by atoms with van der Waals surface area (Å²) in [7, 11) is -3.75. The fraction of sp³-hybridized carbons (Fsp3) is 0.667. The Morgan fingerprint density at radius 3 is 2.00 bits per heavy atom. The van der Waals surface area contributed by atoms with Crippen molar-refractivity contribution in [1.82, 2.24) is 14.6 Å². The smallest absolute Gasteiger partial charge is 0.245 e. The molecule has 0 amide bonds. The molecule has 3 heterocycles. The zero-order valence-electron chi connectivity index (χ0n) is 16.5. The topological polar surface area (TPSA) is 98.0 Å². The number of rotatable bonds is 3. The van der Waals surface area contributed by atoms with Gasteiger partial charge in [-0.2, -0.15) is 4.31 Å². The summed E-state index contributed by atoms with van der Waals surface area (Å²) >= 11 is 0. The Balaban J connectivity index is 1.73. The molecule has 9 nitrogen and oxygen atoms in total. The Hall–Kier alpha value is -1.75. The minimum Gasteiger partial charge on any atom is -0.373 e. The molecule has 0 bridgehead atoms. The molecule has 4 rings (SSSR count). The lowest BCUT2D eigenvalue weighted by Gasteiger charge is -2.37. The fourth-order valence-electron chi connectivity index (χ4n) is 4.13. The second kappa shape index (κ2) is 7.25. The van der Waals surface area contributed by atoms with Crippen molar-refractivity contribution < 1.29 is 22.5 Å². The van der Waals surface area contributed by atoms with E-state index in [0.717, 1.165) is 5.69 Å². The standard InChI is InChI=1S/C18H26N4O5S/c1-11-7-21(8-12(2)25-11)15-5-6-16(18-17(15)19-27-20-18)28(23,24)22-9-13(3)26-14(4)10-22/h5-6,11-14H,7-10H2,1-4H3/t11-,12-,13-,14+/m0/s1. The van der Waals surface area contributed by atoms with Gasteiger partial charge in [0.15, 0.2) is 11.0 Å². The van der Waals surface area contributed by atoms with E-state index < -0.39 is 10.0 Å². The second-order valence-corrected chi connectivity index (χ2v) is 9.69. The molecule has 2 saturated heterocycles. The van der Waals surface area contributed by atoms with Gasteiger partial charge >= 0.3 is 0 Å². The number of anilines is 1. The number of benzene rings is 1. The molecular formula is C18H26N4O5S. The van der Waals surface area contributed by atoms with Crippen molar-refractivity contribution in [2.45, 2.75) is 57.0 Å². The Bertz CT molecular complexity index is 942. The first-order chi connectivity index (χ1) is 13.3. The number of morpholine rings is 2. The van der Waals surface area contributed by atoms with Crippen LogP contribution in [0.3, 0.4) is 0 Å². The van der Waals surface area contributed by atoms with Crippen molar-refractivity contribution in [3.63, 3.8) is 0 Å². The summed E-state index contributed by atoms with van der Waals surface area (Å²) in [5, 5.41) is 7.95. The van der Waals surface area contributed by atoms with Gasteiger partial charge in [0.1, 0.15) is 4.90 Å². The zero-order valence-corrected chi connectivity index (χ0v) is 17.3.